The van der Waals surface area contributed by atoms with Crippen LogP contribution in [0, 0.1) is 5.41 Å². The van der Waals surface area contributed by atoms with Crippen LogP contribution in [0.1, 0.15) is 33.1 Å². The summed E-state index contributed by atoms with van der Waals surface area (Å²) in [6.45, 7) is 8.07. The Kier molecular flexibility index (Phi) is 2.51. The van der Waals surface area contributed by atoms with E-state index in [4.69, 9.17) is 0 Å². The van der Waals surface area contributed by atoms with Gasteiger partial charge in [0, 0.05) is 6.42 Å². The van der Waals surface area contributed by atoms with Crippen molar-refractivity contribution >= 4 is 5.78 Å². The second-order valence-electron chi connectivity index (χ2n) is 4.01. The van der Waals surface area contributed by atoms with Gasteiger partial charge in [-0.3, -0.25) is 4.79 Å². The van der Waals surface area contributed by atoms with Crippen molar-refractivity contribution < 1.29 is 4.79 Å². The SMILES string of the molecule is C=CCC1=CC(=O)CCC1(C)C. The molecule has 0 radical (unpaired) electrons. The number of rotatable bonds is 2. The number of hydrogen-bond acceptors (Lipinski definition) is 1. The molecule has 1 aliphatic carbocycles. The van der Waals surface area contributed by atoms with Crippen LogP contribution in [0.3, 0.4) is 0 Å². The Labute approximate surface area is 74.2 Å². The lowest BCUT2D eigenvalue weighted by Gasteiger charge is -2.30. The number of ketones is 1. The highest BCUT2D eigenvalue weighted by atomic mass is 16.1. The highest BCUT2D eigenvalue weighted by molar-refractivity contribution is 5.91. The largest absolute Gasteiger partial charge is 0.295 e. The second-order valence-corrected chi connectivity index (χ2v) is 4.01. The quantitative estimate of drug-likeness (QED) is 0.573. The van der Waals surface area contributed by atoms with Gasteiger partial charge in [-0.05, 0) is 24.3 Å². The van der Waals surface area contributed by atoms with Crippen LogP contribution < -0.4 is 0 Å². The molecule has 0 atom stereocenters. The van der Waals surface area contributed by atoms with Gasteiger partial charge >= 0.3 is 0 Å². The van der Waals surface area contributed by atoms with Gasteiger partial charge in [-0.1, -0.05) is 25.5 Å². The molecule has 0 saturated heterocycles. The first-order valence-electron chi connectivity index (χ1n) is 4.41. The third-order valence-corrected chi connectivity index (χ3v) is 2.57. The molecule has 12 heavy (non-hydrogen) atoms. The standard InChI is InChI=1S/C11H16O/c1-4-5-9-8-10(12)6-7-11(9,2)3/h4,8H,1,5-7H2,2-3H3. The molecular formula is C11H16O. The van der Waals surface area contributed by atoms with Crippen molar-refractivity contribution in [3.8, 4) is 0 Å². The first-order chi connectivity index (χ1) is 5.56. The maximum Gasteiger partial charge on any atom is 0.155 e. The van der Waals surface area contributed by atoms with Crippen LogP contribution >= 0.6 is 0 Å². The van der Waals surface area contributed by atoms with E-state index in [-0.39, 0.29) is 11.2 Å². The Morgan fingerprint density at radius 2 is 2.33 bits per heavy atom. The lowest BCUT2D eigenvalue weighted by Crippen LogP contribution is -2.21. The van der Waals surface area contributed by atoms with Crippen molar-refractivity contribution in [1.82, 2.24) is 0 Å². The zero-order chi connectivity index (χ0) is 9.19. The molecule has 1 nitrogen and oxygen atoms in total. The van der Waals surface area contributed by atoms with Gasteiger partial charge in [0.25, 0.3) is 0 Å². The Morgan fingerprint density at radius 3 is 2.92 bits per heavy atom. The number of carbonyl (C=O) groups is 1. The predicted molar refractivity (Wildman–Crippen MR) is 50.9 cm³/mol. The van der Waals surface area contributed by atoms with Crippen molar-refractivity contribution in [2.45, 2.75) is 33.1 Å². The zero-order valence-corrected chi connectivity index (χ0v) is 7.89. The Hall–Kier alpha value is -0.850. The van der Waals surface area contributed by atoms with E-state index in [1.54, 1.807) is 6.08 Å². The monoisotopic (exact) mass is 164 g/mol. The molecule has 1 aliphatic rings. The number of allylic oxidation sites excluding steroid dienone is 3. The van der Waals surface area contributed by atoms with Crippen molar-refractivity contribution in [3.63, 3.8) is 0 Å². The van der Waals surface area contributed by atoms with Gasteiger partial charge in [-0.15, -0.1) is 6.58 Å². The molecule has 0 fully saturated rings. The molecule has 1 heteroatoms. The molecule has 0 unspecified atom stereocenters. The minimum Gasteiger partial charge on any atom is -0.295 e. The van der Waals surface area contributed by atoms with Gasteiger partial charge in [0.1, 0.15) is 0 Å². The fraction of sp³-hybridized carbons (Fsp3) is 0.545. The topological polar surface area (TPSA) is 17.1 Å². The summed E-state index contributed by atoms with van der Waals surface area (Å²) in [5, 5.41) is 0. The van der Waals surface area contributed by atoms with E-state index in [0.717, 1.165) is 12.8 Å². The molecule has 0 saturated carbocycles. The van der Waals surface area contributed by atoms with Gasteiger partial charge in [0.05, 0.1) is 0 Å². The third kappa shape index (κ3) is 1.84. The number of hydrogen-bond donors (Lipinski definition) is 0. The molecule has 0 aromatic carbocycles. The first kappa shape index (κ1) is 9.24. The second kappa shape index (κ2) is 3.26. The normalized spacial score (nSPS) is 21.8. The Balaban J connectivity index is 2.87. The summed E-state index contributed by atoms with van der Waals surface area (Å²) < 4.78 is 0. The van der Waals surface area contributed by atoms with E-state index in [1.165, 1.54) is 5.57 Å². The Bertz CT molecular complexity index is 233. The summed E-state index contributed by atoms with van der Waals surface area (Å²) in [5.74, 6) is 0.270. The van der Waals surface area contributed by atoms with Crippen molar-refractivity contribution in [2.75, 3.05) is 0 Å². The molecule has 0 aromatic heterocycles. The maximum absolute atomic E-state index is 11.1. The van der Waals surface area contributed by atoms with Crippen LogP contribution in [-0.2, 0) is 4.79 Å². The molecule has 0 amide bonds. The van der Waals surface area contributed by atoms with Crippen LogP contribution in [0.4, 0.5) is 0 Å². The predicted octanol–water partition coefficient (Wildman–Crippen LogP) is 2.88. The van der Waals surface area contributed by atoms with Crippen molar-refractivity contribution in [2.24, 2.45) is 5.41 Å². The molecule has 0 bridgehead atoms. The van der Waals surface area contributed by atoms with E-state index >= 15 is 0 Å². The van der Waals surface area contributed by atoms with E-state index in [0.29, 0.717) is 6.42 Å². The van der Waals surface area contributed by atoms with E-state index in [2.05, 4.69) is 20.4 Å². The van der Waals surface area contributed by atoms with Crippen LogP contribution in [0.5, 0.6) is 0 Å². The molecule has 0 spiro atoms. The van der Waals surface area contributed by atoms with Gasteiger partial charge in [-0.25, -0.2) is 0 Å². The molecule has 0 heterocycles. The lowest BCUT2D eigenvalue weighted by atomic mass is 9.74. The van der Waals surface area contributed by atoms with E-state index in [9.17, 15) is 4.79 Å². The van der Waals surface area contributed by atoms with Gasteiger partial charge < -0.3 is 0 Å². The molecule has 0 aromatic rings. The Morgan fingerprint density at radius 1 is 1.67 bits per heavy atom. The molecule has 1 rings (SSSR count). The summed E-state index contributed by atoms with van der Waals surface area (Å²) >= 11 is 0. The lowest BCUT2D eigenvalue weighted by molar-refractivity contribution is -0.115. The fourth-order valence-corrected chi connectivity index (χ4v) is 1.55. The fourth-order valence-electron chi connectivity index (χ4n) is 1.55. The van der Waals surface area contributed by atoms with Gasteiger partial charge in [0.2, 0.25) is 0 Å². The van der Waals surface area contributed by atoms with Crippen LogP contribution in [0.15, 0.2) is 24.3 Å². The van der Waals surface area contributed by atoms with Crippen molar-refractivity contribution in [1.29, 1.82) is 0 Å². The average molecular weight is 164 g/mol. The zero-order valence-electron chi connectivity index (χ0n) is 7.89. The smallest absolute Gasteiger partial charge is 0.155 e. The van der Waals surface area contributed by atoms with Gasteiger partial charge in [0.15, 0.2) is 5.78 Å². The average Bonchev–Trinajstić information content (AvgIpc) is 1.98. The highest BCUT2D eigenvalue weighted by Gasteiger charge is 2.27. The third-order valence-electron chi connectivity index (χ3n) is 2.57. The van der Waals surface area contributed by atoms with Crippen LogP contribution in [0.2, 0.25) is 0 Å². The maximum atomic E-state index is 11.1. The molecule has 0 aliphatic heterocycles. The minimum atomic E-state index is 0.197. The van der Waals surface area contributed by atoms with Crippen LogP contribution in [-0.4, -0.2) is 5.78 Å². The molecular weight excluding hydrogens is 148 g/mol. The summed E-state index contributed by atoms with van der Waals surface area (Å²) in [6.07, 6.45) is 6.19. The summed E-state index contributed by atoms with van der Waals surface area (Å²) in [6, 6.07) is 0. The molecule has 66 valence electrons. The van der Waals surface area contributed by atoms with Crippen molar-refractivity contribution in [3.05, 3.63) is 24.3 Å². The summed E-state index contributed by atoms with van der Waals surface area (Å²) in [4.78, 5) is 11.1. The van der Waals surface area contributed by atoms with Crippen LogP contribution in [0.25, 0.3) is 0 Å². The summed E-state index contributed by atoms with van der Waals surface area (Å²) in [7, 11) is 0. The van der Waals surface area contributed by atoms with E-state index < -0.39 is 0 Å². The summed E-state index contributed by atoms with van der Waals surface area (Å²) in [5.41, 5.74) is 1.43. The highest BCUT2D eigenvalue weighted by Crippen LogP contribution is 2.37. The molecule has 0 N–H and O–H groups in total. The first-order valence-corrected chi connectivity index (χ1v) is 4.41. The van der Waals surface area contributed by atoms with E-state index in [1.807, 2.05) is 6.08 Å². The van der Waals surface area contributed by atoms with Gasteiger partial charge in [-0.2, -0.15) is 0 Å². The minimum absolute atomic E-state index is 0.197. The number of carbonyl (C=O) groups excluding carboxylic acids is 1.